The summed E-state index contributed by atoms with van der Waals surface area (Å²) in [4.78, 5) is 4.56. The Morgan fingerprint density at radius 3 is 3.00 bits per heavy atom. The zero-order valence-electron chi connectivity index (χ0n) is 10.0. The minimum absolute atomic E-state index is 0.457. The molecule has 2 nitrogen and oxygen atoms in total. The van der Waals surface area contributed by atoms with Crippen LogP contribution >= 0.6 is 0 Å². The zero-order chi connectivity index (χ0) is 11.5. The first-order valence-electron chi connectivity index (χ1n) is 6.37. The maximum atomic E-state index is 4.56. The van der Waals surface area contributed by atoms with Crippen LogP contribution in [0.3, 0.4) is 0 Å². The van der Waals surface area contributed by atoms with Crippen molar-refractivity contribution in [1.82, 2.24) is 10.3 Å². The first-order chi connectivity index (χ1) is 8.28. The number of nitrogens with zero attached hydrogens (tertiary/aromatic N) is 1. The summed E-state index contributed by atoms with van der Waals surface area (Å²) in [6.07, 6.45) is 1.37. The van der Waals surface area contributed by atoms with Crippen molar-refractivity contribution in [2.45, 2.75) is 18.8 Å². The van der Waals surface area contributed by atoms with Crippen LogP contribution < -0.4 is 5.32 Å². The van der Waals surface area contributed by atoms with E-state index in [2.05, 4.69) is 40.6 Å². The molecule has 1 aliphatic carbocycles. The Bertz CT molecular complexity index is 605. The van der Waals surface area contributed by atoms with Gasteiger partial charge in [-0.05, 0) is 49.6 Å². The minimum Gasteiger partial charge on any atom is -0.316 e. The van der Waals surface area contributed by atoms with Gasteiger partial charge in [0.05, 0.1) is 5.52 Å². The molecular weight excluding hydrogens is 208 g/mol. The SMILES string of the molecule is Cc1ccc2cc(C34CNCC3C4)ccc2n1. The lowest BCUT2D eigenvalue weighted by molar-refractivity contribution is 0.676. The highest BCUT2D eigenvalue weighted by molar-refractivity contribution is 5.80. The molecule has 0 radical (unpaired) electrons. The highest BCUT2D eigenvalue weighted by atomic mass is 15.0. The summed E-state index contributed by atoms with van der Waals surface area (Å²) in [5, 5.41) is 4.78. The monoisotopic (exact) mass is 224 g/mol. The van der Waals surface area contributed by atoms with Crippen molar-refractivity contribution in [2.75, 3.05) is 13.1 Å². The molecule has 2 fully saturated rings. The summed E-state index contributed by atoms with van der Waals surface area (Å²) >= 11 is 0. The highest BCUT2D eigenvalue weighted by Gasteiger charge is 2.57. The molecule has 2 aromatic rings. The van der Waals surface area contributed by atoms with Gasteiger partial charge < -0.3 is 5.32 Å². The summed E-state index contributed by atoms with van der Waals surface area (Å²) in [7, 11) is 0. The zero-order valence-corrected chi connectivity index (χ0v) is 10.0. The van der Waals surface area contributed by atoms with E-state index in [-0.39, 0.29) is 0 Å². The maximum Gasteiger partial charge on any atom is 0.0705 e. The van der Waals surface area contributed by atoms with Crippen LogP contribution in [0.5, 0.6) is 0 Å². The van der Waals surface area contributed by atoms with Crippen LogP contribution in [0.25, 0.3) is 10.9 Å². The van der Waals surface area contributed by atoms with Crippen LogP contribution in [0.2, 0.25) is 0 Å². The number of nitrogens with one attached hydrogen (secondary N) is 1. The quantitative estimate of drug-likeness (QED) is 0.804. The number of hydrogen-bond donors (Lipinski definition) is 1. The van der Waals surface area contributed by atoms with E-state index in [1.807, 2.05) is 6.92 Å². The number of rotatable bonds is 1. The summed E-state index contributed by atoms with van der Waals surface area (Å²) in [6, 6.07) is 11.1. The number of pyridine rings is 1. The second-order valence-corrected chi connectivity index (χ2v) is 5.55. The number of fused-ring (bicyclic) bond motifs is 2. The van der Waals surface area contributed by atoms with E-state index < -0.39 is 0 Å². The lowest BCUT2D eigenvalue weighted by Gasteiger charge is -2.13. The molecule has 1 N–H and O–H groups in total. The van der Waals surface area contributed by atoms with Gasteiger partial charge in [-0.2, -0.15) is 0 Å². The van der Waals surface area contributed by atoms with Crippen LogP contribution in [0, 0.1) is 12.8 Å². The highest BCUT2D eigenvalue weighted by Crippen LogP contribution is 2.56. The number of piperidine rings is 1. The van der Waals surface area contributed by atoms with Gasteiger partial charge >= 0.3 is 0 Å². The van der Waals surface area contributed by atoms with E-state index in [0.717, 1.165) is 23.7 Å². The first-order valence-corrected chi connectivity index (χ1v) is 6.37. The molecule has 2 atom stereocenters. The van der Waals surface area contributed by atoms with Crippen LogP contribution in [0.1, 0.15) is 17.7 Å². The number of aromatic nitrogens is 1. The van der Waals surface area contributed by atoms with Crippen LogP contribution in [-0.4, -0.2) is 18.1 Å². The predicted molar refractivity (Wildman–Crippen MR) is 69.1 cm³/mol. The third-order valence-corrected chi connectivity index (χ3v) is 4.47. The van der Waals surface area contributed by atoms with E-state index in [0.29, 0.717) is 5.41 Å². The molecule has 2 heterocycles. The second-order valence-electron chi connectivity index (χ2n) is 5.55. The van der Waals surface area contributed by atoms with Crippen molar-refractivity contribution in [3.8, 4) is 0 Å². The normalized spacial score (nSPS) is 30.5. The van der Waals surface area contributed by atoms with Gasteiger partial charge in [0.25, 0.3) is 0 Å². The molecular formula is C15H16N2. The Hall–Kier alpha value is -1.41. The lowest BCUT2D eigenvalue weighted by atomic mass is 9.94. The molecule has 1 aromatic carbocycles. The van der Waals surface area contributed by atoms with Crippen molar-refractivity contribution < 1.29 is 0 Å². The minimum atomic E-state index is 0.457. The van der Waals surface area contributed by atoms with Crippen molar-refractivity contribution >= 4 is 10.9 Å². The molecule has 1 aliphatic heterocycles. The van der Waals surface area contributed by atoms with E-state index in [1.165, 1.54) is 23.9 Å². The van der Waals surface area contributed by atoms with E-state index in [4.69, 9.17) is 0 Å². The van der Waals surface area contributed by atoms with E-state index in [9.17, 15) is 0 Å². The fourth-order valence-electron chi connectivity index (χ4n) is 3.33. The molecule has 86 valence electrons. The average molecular weight is 224 g/mol. The van der Waals surface area contributed by atoms with Gasteiger partial charge in [0.2, 0.25) is 0 Å². The molecule has 2 heteroatoms. The van der Waals surface area contributed by atoms with E-state index in [1.54, 1.807) is 0 Å². The van der Waals surface area contributed by atoms with Gasteiger partial charge in [0, 0.05) is 23.0 Å². The number of hydrogen-bond acceptors (Lipinski definition) is 2. The summed E-state index contributed by atoms with van der Waals surface area (Å²) in [5.74, 6) is 0.873. The smallest absolute Gasteiger partial charge is 0.0705 e. The molecule has 2 unspecified atom stereocenters. The van der Waals surface area contributed by atoms with Gasteiger partial charge in [-0.1, -0.05) is 12.1 Å². The van der Waals surface area contributed by atoms with Crippen LogP contribution in [0.4, 0.5) is 0 Å². The van der Waals surface area contributed by atoms with Crippen LogP contribution in [-0.2, 0) is 5.41 Å². The molecule has 1 aromatic heterocycles. The Morgan fingerprint density at radius 1 is 1.29 bits per heavy atom. The molecule has 0 amide bonds. The lowest BCUT2D eigenvalue weighted by Crippen LogP contribution is -2.19. The fourth-order valence-corrected chi connectivity index (χ4v) is 3.33. The van der Waals surface area contributed by atoms with Gasteiger partial charge in [-0.25, -0.2) is 0 Å². The molecule has 0 bridgehead atoms. The summed E-state index contributed by atoms with van der Waals surface area (Å²) < 4.78 is 0. The second kappa shape index (κ2) is 3.08. The van der Waals surface area contributed by atoms with Crippen molar-refractivity contribution in [2.24, 2.45) is 5.92 Å². The van der Waals surface area contributed by atoms with Gasteiger partial charge in [-0.3, -0.25) is 4.98 Å². The van der Waals surface area contributed by atoms with E-state index >= 15 is 0 Å². The molecule has 0 spiro atoms. The third kappa shape index (κ3) is 1.27. The number of benzene rings is 1. The third-order valence-electron chi connectivity index (χ3n) is 4.47. The van der Waals surface area contributed by atoms with Crippen molar-refractivity contribution in [3.63, 3.8) is 0 Å². The molecule has 2 aliphatic rings. The standard InChI is InChI=1S/C15H16N2/c1-10-2-3-11-6-12(4-5-14(11)17-10)15-7-13(15)8-16-9-15/h2-6,13,16H,7-9H2,1H3. The molecule has 17 heavy (non-hydrogen) atoms. The van der Waals surface area contributed by atoms with Crippen molar-refractivity contribution in [1.29, 1.82) is 0 Å². The Kier molecular flexibility index (Phi) is 1.74. The van der Waals surface area contributed by atoms with Gasteiger partial charge in [0.1, 0.15) is 0 Å². The Labute approximate surface area is 101 Å². The van der Waals surface area contributed by atoms with Gasteiger partial charge in [0.15, 0.2) is 0 Å². The van der Waals surface area contributed by atoms with Crippen molar-refractivity contribution in [3.05, 3.63) is 41.6 Å². The predicted octanol–water partition coefficient (Wildman–Crippen LogP) is 2.40. The molecule has 1 saturated heterocycles. The summed E-state index contributed by atoms with van der Waals surface area (Å²) in [5.41, 5.74) is 4.17. The van der Waals surface area contributed by atoms with Crippen LogP contribution in [0.15, 0.2) is 30.3 Å². The average Bonchev–Trinajstić information content (AvgIpc) is 2.91. The number of aryl methyl sites for hydroxylation is 1. The Morgan fingerprint density at radius 2 is 2.24 bits per heavy atom. The first kappa shape index (κ1) is 9.60. The maximum absolute atomic E-state index is 4.56. The molecule has 1 saturated carbocycles. The summed E-state index contributed by atoms with van der Waals surface area (Å²) in [6.45, 7) is 4.40. The van der Waals surface area contributed by atoms with Gasteiger partial charge in [-0.15, -0.1) is 0 Å². The largest absolute Gasteiger partial charge is 0.316 e. The fraction of sp³-hybridized carbons (Fsp3) is 0.400. The Balaban J connectivity index is 1.85. The topological polar surface area (TPSA) is 24.9 Å². The molecule has 4 rings (SSSR count).